The number of hydrogen-bond acceptors (Lipinski definition) is 4. The second-order valence-electron chi connectivity index (χ2n) is 8.91. The summed E-state index contributed by atoms with van der Waals surface area (Å²) in [7, 11) is 5.31. The Hall–Kier alpha value is -2.94. The first-order chi connectivity index (χ1) is 15.8. The SMILES string of the molecule is COc1ccc([C@@]23CC[C@@H](NC(=O)Nc4ccc(F)c(F)c4F)C[C@@H]2CN(C)C3)cc1OC. The lowest BCUT2D eigenvalue weighted by Gasteiger charge is -2.42. The molecule has 6 nitrogen and oxygen atoms in total. The molecule has 2 aliphatic rings. The van der Waals surface area contributed by atoms with E-state index in [9.17, 15) is 18.0 Å². The zero-order chi connectivity index (χ0) is 23.8. The van der Waals surface area contributed by atoms with E-state index in [4.69, 9.17) is 9.47 Å². The third-order valence-corrected chi connectivity index (χ3v) is 6.95. The Kier molecular flexibility index (Phi) is 6.43. The average molecular weight is 464 g/mol. The second-order valence-corrected chi connectivity index (χ2v) is 8.91. The molecule has 1 saturated carbocycles. The van der Waals surface area contributed by atoms with Crippen molar-refractivity contribution < 1.29 is 27.4 Å². The number of nitrogens with zero attached hydrogens (tertiary/aromatic N) is 1. The van der Waals surface area contributed by atoms with Gasteiger partial charge in [-0.25, -0.2) is 18.0 Å². The van der Waals surface area contributed by atoms with E-state index in [2.05, 4.69) is 28.6 Å². The fraction of sp³-hybridized carbons (Fsp3) is 0.458. The molecule has 2 N–H and O–H groups in total. The number of carbonyl (C=O) groups is 1. The van der Waals surface area contributed by atoms with Crippen molar-refractivity contribution in [1.82, 2.24) is 10.2 Å². The minimum atomic E-state index is -1.61. The molecule has 0 aromatic heterocycles. The van der Waals surface area contributed by atoms with Gasteiger partial charge in [0.1, 0.15) is 0 Å². The normalized spacial score (nSPS) is 24.8. The van der Waals surface area contributed by atoms with Crippen LogP contribution in [-0.4, -0.2) is 51.3 Å². The summed E-state index contributed by atoms with van der Waals surface area (Å²) in [6, 6.07) is 7.06. The highest BCUT2D eigenvalue weighted by Crippen LogP contribution is 2.49. The van der Waals surface area contributed by atoms with E-state index in [1.807, 2.05) is 12.1 Å². The number of methoxy groups -OCH3 is 2. The molecule has 0 unspecified atom stereocenters. The van der Waals surface area contributed by atoms with Crippen LogP contribution in [0.2, 0.25) is 0 Å². The lowest BCUT2D eigenvalue weighted by Crippen LogP contribution is -2.48. The van der Waals surface area contributed by atoms with Gasteiger partial charge in [-0.1, -0.05) is 6.07 Å². The van der Waals surface area contributed by atoms with Gasteiger partial charge in [0.2, 0.25) is 0 Å². The first-order valence-corrected chi connectivity index (χ1v) is 10.9. The van der Waals surface area contributed by atoms with Gasteiger partial charge in [-0.15, -0.1) is 0 Å². The minimum absolute atomic E-state index is 0.0743. The number of likely N-dealkylation sites (tertiary alicyclic amines) is 1. The summed E-state index contributed by atoms with van der Waals surface area (Å²) in [6.45, 7) is 1.78. The number of halogens is 3. The number of urea groups is 1. The standard InChI is InChI=1S/C24H28F3N3O3/c1-30-12-15-10-16(28-23(31)29-18-6-5-17(25)21(26)22(18)27)8-9-24(15,13-30)14-4-7-19(32-2)20(11-14)33-3/h4-7,11,15-16H,8-10,12-13H2,1-3H3,(H2,28,29,31)/t15-,16-,24+/m1/s1. The van der Waals surface area contributed by atoms with E-state index >= 15 is 0 Å². The maximum absolute atomic E-state index is 13.9. The molecule has 33 heavy (non-hydrogen) atoms. The fourth-order valence-corrected chi connectivity index (χ4v) is 5.42. The van der Waals surface area contributed by atoms with Crippen LogP contribution in [0.3, 0.4) is 0 Å². The van der Waals surface area contributed by atoms with Crippen molar-refractivity contribution in [3.8, 4) is 11.5 Å². The molecule has 3 atom stereocenters. The summed E-state index contributed by atoms with van der Waals surface area (Å²) in [6.07, 6.45) is 2.32. The highest BCUT2D eigenvalue weighted by atomic mass is 19.2. The molecule has 4 rings (SSSR count). The van der Waals surface area contributed by atoms with Crippen LogP contribution >= 0.6 is 0 Å². The molecule has 1 aliphatic carbocycles. The van der Waals surface area contributed by atoms with Crippen LogP contribution in [0, 0.1) is 23.4 Å². The van der Waals surface area contributed by atoms with Gasteiger partial charge in [-0.2, -0.15) is 0 Å². The summed E-state index contributed by atoms with van der Waals surface area (Å²) in [5.41, 5.74) is 0.707. The average Bonchev–Trinajstić information content (AvgIpc) is 3.15. The van der Waals surface area contributed by atoms with Crippen LogP contribution in [0.25, 0.3) is 0 Å². The highest BCUT2D eigenvalue weighted by Gasteiger charge is 2.50. The molecule has 9 heteroatoms. The quantitative estimate of drug-likeness (QED) is 0.650. The lowest BCUT2D eigenvalue weighted by atomic mass is 9.63. The van der Waals surface area contributed by atoms with Crippen LogP contribution in [0.4, 0.5) is 23.7 Å². The minimum Gasteiger partial charge on any atom is -0.493 e. The highest BCUT2D eigenvalue weighted by molar-refractivity contribution is 5.89. The van der Waals surface area contributed by atoms with Crippen molar-refractivity contribution in [1.29, 1.82) is 0 Å². The molecule has 178 valence electrons. The molecule has 2 fully saturated rings. The van der Waals surface area contributed by atoms with Gasteiger partial charge in [0.25, 0.3) is 0 Å². The molecule has 0 radical (unpaired) electrons. The van der Waals surface area contributed by atoms with E-state index in [-0.39, 0.29) is 11.5 Å². The van der Waals surface area contributed by atoms with E-state index in [0.717, 1.165) is 44.5 Å². The summed E-state index contributed by atoms with van der Waals surface area (Å²) < 4.78 is 51.4. The van der Waals surface area contributed by atoms with Crippen LogP contribution < -0.4 is 20.1 Å². The van der Waals surface area contributed by atoms with Crippen molar-refractivity contribution in [2.75, 3.05) is 39.7 Å². The monoisotopic (exact) mass is 463 g/mol. The number of fused-ring (bicyclic) bond motifs is 1. The van der Waals surface area contributed by atoms with Crippen molar-refractivity contribution in [2.24, 2.45) is 5.92 Å². The molecule has 2 amide bonds. The van der Waals surface area contributed by atoms with Gasteiger partial charge in [-0.05, 0) is 62.1 Å². The van der Waals surface area contributed by atoms with Crippen molar-refractivity contribution in [3.05, 3.63) is 53.3 Å². The number of nitrogens with one attached hydrogen (secondary N) is 2. The third kappa shape index (κ3) is 4.34. The number of amides is 2. The van der Waals surface area contributed by atoms with Gasteiger partial charge in [0.15, 0.2) is 29.0 Å². The molecule has 1 saturated heterocycles. The van der Waals surface area contributed by atoms with Gasteiger partial charge in [-0.3, -0.25) is 0 Å². The first kappa shape index (κ1) is 23.2. The molecular weight excluding hydrogens is 435 g/mol. The third-order valence-electron chi connectivity index (χ3n) is 6.95. The van der Waals surface area contributed by atoms with E-state index in [1.54, 1.807) is 14.2 Å². The maximum Gasteiger partial charge on any atom is 0.319 e. The van der Waals surface area contributed by atoms with Crippen molar-refractivity contribution in [3.63, 3.8) is 0 Å². The number of benzene rings is 2. The Bertz CT molecular complexity index is 1050. The van der Waals surface area contributed by atoms with E-state index in [1.165, 1.54) is 5.56 Å². The Balaban J connectivity index is 1.48. The fourth-order valence-electron chi connectivity index (χ4n) is 5.42. The topological polar surface area (TPSA) is 62.8 Å². The zero-order valence-corrected chi connectivity index (χ0v) is 18.9. The molecule has 0 spiro atoms. The maximum atomic E-state index is 13.9. The van der Waals surface area contributed by atoms with Crippen molar-refractivity contribution >= 4 is 11.7 Å². The Morgan fingerprint density at radius 3 is 2.58 bits per heavy atom. The largest absolute Gasteiger partial charge is 0.493 e. The van der Waals surface area contributed by atoms with Crippen LogP contribution in [-0.2, 0) is 5.41 Å². The Labute approximate surface area is 191 Å². The summed E-state index contributed by atoms with van der Waals surface area (Å²) in [5.74, 6) is -2.68. The van der Waals surface area contributed by atoms with E-state index < -0.39 is 29.2 Å². The molecule has 1 aliphatic heterocycles. The predicted octanol–water partition coefficient (Wildman–Crippen LogP) is 4.29. The lowest BCUT2D eigenvalue weighted by molar-refractivity contribution is 0.197. The number of rotatable bonds is 5. The Morgan fingerprint density at radius 1 is 1.09 bits per heavy atom. The number of ether oxygens (including phenoxy) is 2. The predicted molar refractivity (Wildman–Crippen MR) is 118 cm³/mol. The number of likely N-dealkylation sites (N-methyl/N-ethyl adjacent to an activating group) is 1. The Morgan fingerprint density at radius 2 is 1.85 bits per heavy atom. The summed E-state index contributed by atoms with van der Waals surface area (Å²) in [5, 5.41) is 5.16. The molecular formula is C24H28F3N3O3. The molecule has 0 bridgehead atoms. The van der Waals surface area contributed by atoms with Crippen LogP contribution in [0.15, 0.2) is 30.3 Å². The van der Waals surface area contributed by atoms with Crippen LogP contribution in [0.1, 0.15) is 24.8 Å². The van der Waals surface area contributed by atoms with Gasteiger partial charge >= 0.3 is 6.03 Å². The first-order valence-electron chi connectivity index (χ1n) is 10.9. The number of carbonyl (C=O) groups excluding carboxylic acids is 1. The summed E-state index contributed by atoms with van der Waals surface area (Å²) in [4.78, 5) is 14.7. The van der Waals surface area contributed by atoms with Gasteiger partial charge in [0.05, 0.1) is 19.9 Å². The molecule has 1 heterocycles. The molecule has 2 aromatic rings. The second kappa shape index (κ2) is 9.13. The van der Waals surface area contributed by atoms with Gasteiger partial charge < -0.3 is 25.0 Å². The zero-order valence-electron chi connectivity index (χ0n) is 18.9. The van der Waals surface area contributed by atoms with E-state index in [0.29, 0.717) is 17.4 Å². The summed E-state index contributed by atoms with van der Waals surface area (Å²) >= 11 is 0. The number of anilines is 1. The molecule has 2 aromatic carbocycles. The smallest absolute Gasteiger partial charge is 0.319 e. The van der Waals surface area contributed by atoms with Gasteiger partial charge in [0, 0.05) is 24.5 Å². The van der Waals surface area contributed by atoms with Crippen molar-refractivity contribution in [2.45, 2.75) is 30.7 Å². The number of hydrogen-bond donors (Lipinski definition) is 2. The van der Waals surface area contributed by atoms with Crippen LogP contribution in [0.5, 0.6) is 11.5 Å².